The maximum absolute atomic E-state index is 11.4. The first-order valence-corrected chi connectivity index (χ1v) is 7.81. The van der Waals surface area contributed by atoms with Crippen LogP contribution in [-0.2, 0) is 26.6 Å². The van der Waals surface area contributed by atoms with Crippen molar-refractivity contribution in [1.29, 1.82) is 0 Å². The molecule has 0 saturated carbocycles. The number of aryl methyl sites for hydroxylation is 1. The molecule has 0 fully saturated rings. The lowest BCUT2D eigenvalue weighted by Gasteiger charge is -2.13. The van der Waals surface area contributed by atoms with E-state index in [1.54, 1.807) is 0 Å². The van der Waals surface area contributed by atoms with Crippen molar-refractivity contribution in [2.75, 3.05) is 6.61 Å². The third-order valence-corrected chi connectivity index (χ3v) is 4.41. The summed E-state index contributed by atoms with van der Waals surface area (Å²) in [5.74, 6) is 0. The molecule has 1 rings (SSSR count). The fourth-order valence-electron chi connectivity index (χ4n) is 1.71. The van der Waals surface area contributed by atoms with Gasteiger partial charge in [-0.25, -0.2) is 13.6 Å². The summed E-state index contributed by atoms with van der Waals surface area (Å²) in [5.41, 5.74) is 0.0378. The zero-order chi connectivity index (χ0) is 14.1. The van der Waals surface area contributed by atoms with Gasteiger partial charge in [0.05, 0.1) is 9.79 Å². The number of benzene rings is 1. The van der Waals surface area contributed by atoms with Crippen LogP contribution in [0.25, 0.3) is 0 Å². The molecular weight excluding hydrogens is 282 g/mol. The molecule has 0 atom stereocenters. The summed E-state index contributed by atoms with van der Waals surface area (Å²) >= 11 is 0. The van der Waals surface area contributed by atoms with E-state index in [-0.39, 0.29) is 22.4 Å². The Morgan fingerprint density at radius 3 is 2.17 bits per heavy atom. The largest absolute Gasteiger partial charge is 0.396 e. The van der Waals surface area contributed by atoms with Crippen molar-refractivity contribution in [3.05, 3.63) is 23.3 Å². The number of hydrogen-bond acceptors (Lipinski definition) is 5. The predicted molar refractivity (Wildman–Crippen MR) is 63.2 cm³/mol. The SMILES string of the molecule is Cc1ccc(S(=O)(=O)O)c(CCO)c1S(N)(=O)=O. The number of aliphatic hydroxyl groups excluding tert-OH is 1. The van der Waals surface area contributed by atoms with E-state index < -0.39 is 31.6 Å². The summed E-state index contributed by atoms with van der Waals surface area (Å²) in [6.07, 6.45) is -0.247. The van der Waals surface area contributed by atoms with Crippen LogP contribution in [0, 0.1) is 6.92 Å². The van der Waals surface area contributed by atoms with Crippen LogP contribution in [0.3, 0.4) is 0 Å². The van der Waals surface area contributed by atoms with Gasteiger partial charge in [-0.3, -0.25) is 4.55 Å². The Bertz CT molecular complexity index is 663. The highest BCUT2D eigenvalue weighted by atomic mass is 32.2. The molecule has 7 nitrogen and oxygen atoms in total. The van der Waals surface area contributed by atoms with Crippen LogP contribution in [0.5, 0.6) is 0 Å². The van der Waals surface area contributed by atoms with E-state index in [2.05, 4.69) is 0 Å². The van der Waals surface area contributed by atoms with Crippen LogP contribution in [0.4, 0.5) is 0 Å². The Balaban J connectivity index is 3.81. The Labute approximate surface area is 105 Å². The van der Waals surface area contributed by atoms with Gasteiger partial charge in [-0.05, 0) is 30.5 Å². The van der Waals surface area contributed by atoms with Gasteiger partial charge in [0, 0.05) is 6.61 Å². The average Bonchev–Trinajstić information content (AvgIpc) is 2.13. The highest BCUT2D eigenvalue weighted by Crippen LogP contribution is 2.26. The Kier molecular flexibility index (Phi) is 4.13. The van der Waals surface area contributed by atoms with Crippen molar-refractivity contribution >= 4 is 20.1 Å². The molecule has 0 aliphatic carbocycles. The molecule has 1 aromatic carbocycles. The van der Waals surface area contributed by atoms with Gasteiger partial charge in [0.15, 0.2) is 0 Å². The van der Waals surface area contributed by atoms with Crippen LogP contribution >= 0.6 is 0 Å². The normalized spacial score (nSPS) is 12.7. The minimum Gasteiger partial charge on any atom is -0.396 e. The molecule has 0 aliphatic rings. The highest BCUT2D eigenvalue weighted by molar-refractivity contribution is 7.89. The number of primary sulfonamides is 1. The smallest absolute Gasteiger partial charge is 0.294 e. The molecule has 0 spiro atoms. The van der Waals surface area contributed by atoms with Gasteiger partial charge in [0.25, 0.3) is 10.1 Å². The minimum absolute atomic E-state index is 0.206. The summed E-state index contributed by atoms with van der Waals surface area (Å²) in [6.45, 7) is 0.961. The molecule has 0 aromatic heterocycles. The number of sulfonamides is 1. The van der Waals surface area contributed by atoms with Gasteiger partial charge in [-0.15, -0.1) is 0 Å². The molecule has 1 aromatic rings. The lowest BCUT2D eigenvalue weighted by molar-refractivity contribution is 0.297. The van der Waals surface area contributed by atoms with Crippen LogP contribution < -0.4 is 5.14 Å². The van der Waals surface area contributed by atoms with Crippen LogP contribution in [0.15, 0.2) is 21.9 Å². The number of hydrogen-bond donors (Lipinski definition) is 3. The van der Waals surface area contributed by atoms with E-state index in [0.717, 1.165) is 6.07 Å². The molecule has 0 bridgehead atoms. The van der Waals surface area contributed by atoms with Gasteiger partial charge in [0.1, 0.15) is 0 Å². The van der Waals surface area contributed by atoms with E-state index in [4.69, 9.17) is 14.8 Å². The Morgan fingerprint density at radius 1 is 1.22 bits per heavy atom. The zero-order valence-corrected chi connectivity index (χ0v) is 11.1. The van der Waals surface area contributed by atoms with E-state index in [9.17, 15) is 16.8 Å². The van der Waals surface area contributed by atoms with Crippen molar-refractivity contribution < 1.29 is 26.5 Å². The maximum Gasteiger partial charge on any atom is 0.294 e. The number of nitrogens with two attached hydrogens (primary N) is 1. The van der Waals surface area contributed by atoms with Gasteiger partial charge in [0.2, 0.25) is 10.0 Å². The quantitative estimate of drug-likeness (QED) is 0.636. The second kappa shape index (κ2) is 4.94. The first kappa shape index (κ1) is 15.1. The summed E-state index contributed by atoms with van der Waals surface area (Å²) < 4.78 is 54.2. The lowest BCUT2D eigenvalue weighted by Crippen LogP contribution is -2.19. The number of aliphatic hydroxyl groups is 1. The summed E-state index contributed by atoms with van der Waals surface area (Å²) in [7, 11) is -8.74. The van der Waals surface area contributed by atoms with E-state index in [0.29, 0.717) is 0 Å². The maximum atomic E-state index is 11.4. The summed E-state index contributed by atoms with van der Waals surface area (Å²) in [4.78, 5) is -0.946. The highest BCUT2D eigenvalue weighted by Gasteiger charge is 2.24. The first-order chi connectivity index (χ1) is 8.09. The topological polar surface area (TPSA) is 135 Å². The fraction of sp³-hybridized carbons (Fsp3) is 0.333. The van der Waals surface area contributed by atoms with Crippen molar-refractivity contribution in [3.8, 4) is 0 Å². The molecule has 0 heterocycles. The minimum atomic E-state index is -4.59. The molecule has 0 amide bonds. The molecule has 0 radical (unpaired) electrons. The summed E-state index contributed by atoms with van der Waals surface area (Å²) in [5, 5.41) is 13.9. The number of rotatable bonds is 4. The molecule has 18 heavy (non-hydrogen) atoms. The van der Waals surface area contributed by atoms with Gasteiger partial charge >= 0.3 is 0 Å². The standard InChI is InChI=1S/C9H13NO6S2/c1-6-2-3-8(18(14,15)16)7(4-5-11)9(6)17(10,12)13/h2-3,11H,4-5H2,1H3,(H2,10,12,13)(H,14,15,16). The first-order valence-electron chi connectivity index (χ1n) is 4.82. The second-order valence-corrected chi connectivity index (χ2v) is 6.57. The molecule has 0 aliphatic heterocycles. The van der Waals surface area contributed by atoms with Crippen LogP contribution in [0.1, 0.15) is 11.1 Å². The van der Waals surface area contributed by atoms with Crippen molar-refractivity contribution in [2.45, 2.75) is 23.1 Å². The van der Waals surface area contributed by atoms with Crippen LogP contribution in [-0.4, -0.2) is 33.1 Å². The van der Waals surface area contributed by atoms with E-state index in [1.165, 1.54) is 13.0 Å². The zero-order valence-electron chi connectivity index (χ0n) is 9.49. The second-order valence-electron chi connectivity index (χ2n) is 3.68. The molecular formula is C9H13NO6S2. The lowest BCUT2D eigenvalue weighted by atomic mass is 10.1. The van der Waals surface area contributed by atoms with Gasteiger partial charge in [-0.2, -0.15) is 8.42 Å². The Morgan fingerprint density at radius 2 is 1.78 bits per heavy atom. The molecule has 4 N–H and O–H groups in total. The van der Waals surface area contributed by atoms with E-state index >= 15 is 0 Å². The molecule has 0 unspecified atom stereocenters. The monoisotopic (exact) mass is 295 g/mol. The molecule has 0 saturated heterocycles. The van der Waals surface area contributed by atoms with Crippen LogP contribution in [0.2, 0.25) is 0 Å². The third-order valence-electron chi connectivity index (χ3n) is 2.34. The van der Waals surface area contributed by atoms with Crippen molar-refractivity contribution in [1.82, 2.24) is 0 Å². The van der Waals surface area contributed by atoms with Crippen molar-refractivity contribution in [3.63, 3.8) is 0 Å². The van der Waals surface area contributed by atoms with Gasteiger partial charge in [-0.1, -0.05) is 6.07 Å². The summed E-state index contributed by atoms with van der Waals surface area (Å²) in [6, 6.07) is 2.30. The predicted octanol–water partition coefficient (Wildman–Crippen LogP) is -0.576. The molecule has 9 heteroatoms. The average molecular weight is 295 g/mol. The fourth-order valence-corrected chi connectivity index (χ4v) is 3.61. The van der Waals surface area contributed by atoms with E-state index in [1.807, 2.05) is 0 Å². The van der Waals surface area contributed by atoms with Gasteiger partial charge < -0.3 is 5.11 Å². The molecule has 102 valence electrons. The Hall–Kier alpha value is -1.00. The third kappa shape index (κ3) is 3.06. The van der Waals surface area contributed by atoms with Crippen molar-refractivity contribution in [2.24, 2.45) is 5.14 Å².